The molecule has 1 fully saturated rings. The summed E-state index contributed by atoms with van der Waals surface area (Å²) in [5.41, 5.74) is 1.97. The van der Waals surface area contributed by atoms with Gasteiger partial charge in [0.2, 0.25) is 5.91 Å². The number of likely N-dealkylation sites (tertiary alicyclic amines) is 1. The van der Waals surface area contributed by atoms with Crippen LogP contribution in [-0.4, -0.2) is 57.6 Å². The lowest BCUT2D eigenvalue weighted by molar-refractivity contribution is -0.136. The number of carbonyl (C=O) groups is 2. The molecule has 150 valence electrons. The summed E-state index contributed by atoms with van der Waals surface area (Å²) < 4.78 is 14.8. The molecule has 0 bridgehead atoms. The highest BCUT2D eigenvalue weighted by atomic mass is 19.1. The molecule has 28 heavy (non-hydrogen) atoms. The van der Waals surface area contributed by atoms with Gasteiger partial charge >= 0.3 is 0 Å². The van der Waals surface area contributed by atoms with E-state index in [2.05, 4.69) is 5.10 Å². The van der Waals surface area contributed by atoms with E-state index in [-0.39, 0.29) is 23.5 Å². The fourth-order valence-electron chi connectivity index (χ4n) is 3.76. The normalized spacial score (nSPS) is 14.9. The summed E-state index contributed by atoms with van der Waals surface area (Å²) in [6.45, 7) is 8.38. The third-order valence-corrected chi connectivity index (χ3v) is 5.52. The highest BCUT2D eigenvalue weighted by Gasteiger charge is 2.30. The maximum Gasteiger partial charge on any atom is 0.257 e. The topological polar surface area (TPSA) is 58.4 Å². The maximum atomic E-state index is 13.1. The van der Waals surface area contributed by atoms with Crippen molar-refractivity contribution in [1.29, 1.82) is 0 Å². The Kier molecular flexibility index (Phi) is 6.11. The monoisotopic (exact) mass is 386 g/mol. The van der Waals surface area contributed by atoms with Crippen LogP contribution in [0.3, 0.4) is 0 Å². The number of amides is 2. The van der Waals surface area contributed by atoms with Crippen LogP contribution >= 0.6 is 0 Å². The summed E-state index contributed by atoms with van der Waals surface area (Å²) in [4.78, 5) is 29.1. The highest BCUT2D eigenvalue weighted by molar-refractivity contribution is 5.95. The van der Waals surface area contributed by atoms with Crippen LogP contribution < -0.4 is 0 Å². The molecule has 0 atom stereocenters. The largest absolute Gasteiger partial charge is 0.343 e. The number of carbonyl (C=O) groups excluding carboxylic acids is 2. The van der Waals surface area contributed by atoms with Crippen molar-refractivity contribution in [3.63, 3.8) is 0 Å². The lowest BCUT2D eigenvalue weighted by Crippen LogP contribution is -2.44. The summed E-state index contributed by atoms with van der Waals surface area (Å²) in [5.74, 6) is -0.198. The molecule has 6 nitrogen and oxygen atoms in total. The van der Waals surface area contributed by atoms with Crippen molar-refractivity contribution in [2.24, 2.45) is 5.92 Å². The summed E-state index contributed by atoms with van der Waals surface area (Å²) in [7, 11) is 0. The minimum absolute atomic E-state index is 0.00742. The number of hydrogen-bond donors (Lipinski definition) is 0. The van der Waals surface area contributed by atoms with E-state index in [9.17, 15) is 14.0 Å². The van der Waals surface area contributed by atoms with Gasteiger partial charge in [-0.05, 0) is 57.9 Å². The minimum Gasteiger partial charge on any atom is -0.343 e. The van der Waals surface area contributed by atoms with Gasteiger partial charge in [0.05, 0.1) is 23.1 Å². The van der Waals surface area contributed by atoms with Crippen LogP contribution in [0.4, 0.5) is 4.39 Å². The van der Waals surface area contributed by atoms with Crippen molar-refractivity contribution in [3.8, 4) is 5.69 Å². The second-order valence-electron chi connectivity index (χ2n) is 7.11. The van der Waals surface area contributed by atoms with E-state index >= 15 is 0 Å². The molecule has 1 aliphatic heterocycles. The summed E-state index contributed by atoms with van der Waals surface area (Å²) in [6.07, 6.45) is 2.94. The molecule has 0 aliphatic carbocycles. The lowest BCUT2D eigenvalue weighted by atomic mass is 9.94. The zero-order valence-electron chi connectivity index (χ0n) is 16.7. The molecule has 2 amide bonds. The molecule has 1 aromatic heterocycles. The van der Waals surface area contributed by atoms with Gasteiger partial charge in [0.1, 0.15) is 5.82 Å². The molecule has 3 rings (SSSR count). The zero-order chi connectivity index (χ0) is 20.3. The number of halogens is 1. The van der Waals surface area contributed by atoms with Crippen LogP contribution in [0.1, 0.15) is 42.7 Å². The van der Waals surface area contributed by atoms with Gasteiger partial charge in [-0.2, -0.15) is 5.10 Å². The number of rotatable bonds is 5. The zero-order valence-corrected chi connectivity index (χ0v) is 16.7. The summed E-state index contributed by atoms with van der Waals surface area (Å²) >= 11 is 0. The first-order valence-corrected chi connectivity index (χ1v) is 9.84. The SMILES string of the molecule is CCN(CC)C(=O)C1CCN(C(=O)c2cnn(-c3ccc(F)cc3)c2C)CC1. The first-order chi connectivity index (χ1) is 13.5. The lowest BCUT2D eigenvalue weighted by Gasteiger charge is -2.33. The Morgan fingerprint density at radius 1 is 1.14 bits per heavy atom. The predicted octanol–water partition coefficient (Wildman–Crippen LogP) is 3.04. The number of benzene rings is 1. The fourth-order valence-corrected chi connectivity index (χ4v) is 3.76. The Morgan fingerprint density at radius 2 is 1.75 bits per heavy atom. The van der Waals surface area contributed by atoms with Gasteiger partial charge in [-0.25, -0.2) is 9.07 Å². The molecular weight excluding hydrogens is 359 g/mol. The van der Waals surface area contributed by atoms with Gasteiger partial charge in [0.25, 0.3) is 5.91 Å². The molecule has 0 N–H and O–H groups in total. The molecule has 0 spiro atoms. The van der Waals surface area contributed by atoms with E-state index in [1.807, 2.05) is 25.7 Å². The number of piperidine rings is 1. The number of nitrogens with zero attached hydrogens (tertiary/aromatic N) is 4. The average molecular weight is 386 g/mol. The second-order valence-corrected chi connectivity index (χ2v) is 7.11. The maximum absolute atomic E-state index is 13.1. The van der Waals surface area contributed by atoms with Crippen molar-refractivity contribution in [2.75, 3.05) is 26.2 Å². The molecular formula is C21H27FN4O2. The first-order valence-electron chi connectivity index (χ1n) is 9.84. The highest BCUT2D eigenvalue weighted by Crippen LogP contribution is 2.23. The van der Waals surface area contributed by atoms with E-state index in [1.54, 1.807) is 27.9 Å². The van der Waals surface area contributed by atoms with E-state index in [4.69, 9.17) is 0 Å². The van der Waals surface area contributed by atoms with Gasteiger partial charge in [0, 0.05) is 32.1 Å². The van der Waals surface area contributed by atoms with Crippen LogP contribution in [0.15, 0.2) is 30.5 Å². The quantitative estimate of drug-likeness (QED) is 0.794. The van der Waals surface area contributed by atoms with Crippen LogP contribution in [0, 0.1) is 18.7 Å². The van der Waals surface area contributed by atoms with E-state index in [0.29, 0.717) is 37.2 Å². The van der Waals surface area contributed by atoms with Crippen LogP contribution in [0.25, 0.3) is 5.69 Å². The molecule has 0 saturated carbocycles. The molecule has 7 heteroatoms. The Labute approximate surface area is 164 Å². The van der Waals surface area contributed by atoms with Gasteiger partial charge in [-0.1, -0.05) is 0 Å². The standard InChI is InChI=1S/C21H27FN4O2/c1-4-24(5-2)20(27)16-10-12-25(13-11-16)21(28)19-14-23-26(15(19)3)18-8-6-17(22)7-9-18/h6-9,14,16H,4-5,10-13H2,1-3H3. The van der Waals surface area contributed by atoms with E-state index in [0.717, 1.165) is 18.8 Å². The van der Waals surface area contributed by atoms with Crippen molar-refractivity contribution in [3.05, 3.63) is 47.5 Å². The van der Waals surface area contributed by atoms with Crippen LogP contribution in [0.2, 0.25) is 0 Å². The molecule has 1 aromatic carbocycles. The third-order valence-electron chi connectivity index (χ3n) is 5.52. The van der Waals surface area contributed by atoms with Gasteiger partial charge in [0.15, 0.2) is 0 Å². The molecule has 0 unspecified atom stereocenters. The minimum atomic E-state index is -0.313. The summed E-state index contributed by atoms with van der Waals surface area (Å²) in [5, 5.41) is 4.31. The Balaban J connectivity index is 1.67. The molecule has 1 aliphatic rings. The van der Waals surface area contributed by atoms with Gasteiger partial charge in [-0.3, -0.25) is 9.59 Å². The summed E-state index contributed by atoms with van der Waals surface area (Å²) in [6, 6.07) is 6.01. The smallest absolute Gasteiger partial charge is 0.257 e. The predicted molar refractivity (Wildman–Crippen MR) is 105 cm³/mol. The first kappa shape index (κ1) is 20.0. The van der Waals surface area contributed by atoms with Gasteiger partial charge in [-0.15, -0.1) is 0 Å². The fraction of sp³-hybridized carbons (Fsp3) is 0.476. The van der Waals surface area contributed by atoms with Crippen LogP contribution in [0.5, 0.6) is 0 Å². The van der Waals surface area contributed by atoms with Crippen molar-refractivity contribution < 1.29 is 14.0 Å². The molecule has 2 aromatic rings. The average Bonchev–Trinajstić information content (AvgIpc) is 3.10. The van der Waals surface area contributed by atoms with Gasteiger partial charge < -0.3 is 9.80 Å². The Morgan fingerprint density at radius 3 is 2.32 bits per heavy atom. The van der Waals surface area contributed by atoms with Crippen molar-refractivity contribution in [1.82, 2.24) is 19.6 Å². The van der Waals surface area contributed by atoms with Crippen LogP contribution in [-0.2, 0) is 4.79 Å². The molecule has 0 radical (unpaired) electrons. The number of aromatic nitrogens is 2. The Hall–Kier alpha value is -2.70. The van der Waals surface area contributed by atoms with Crippen molar-refractivity contribution >= 4 is 11.8 Å². The second kappa shape index (κ2) is 8.54. The van der Waals surface area contributed by atoms with E-state index < -0.39 is 0 Å². The molecule has 1 saturated heterocycles. The Bertz CT molecular complexity index is 835. The third kappa shape index (κ3) is 3.93. The van der Waals surface area contributed by atoms with Crippen molar-refractivity contribution in [2.45, 2.75) is 33.6 Å². The molecule has 2 heterocycles. The van der Waals surface area contributed by atoms with E-state index in [1.165, 1.54) is 12.1 Å². The number of hydrogen-bond acceptors (Lipinski definition) is 3.